The number of hydrogen-bond acceptors (Lipinski definition) is 6. The van der Waals surface area contributed by atoms with Crippen LogP contribution in [0.25, 0.3) is 0 Å². The molecular weight excluding hydrogens is 420 g/mol. The number of rotatable bonds is 18. The Morgan fingerprint density at radius 1 is 0.788 bits per heavy atom. The first-order valence-electron chi connectivity index (χ1n) is 11.5. The molecule has 2 N–H and O–H groups in total. The van der Waals surface area contributed by atoms with Crippen LogP contribution in [-0.4, -0.2) is 47.6 Å². The average Bonchev–Trinajstić information content (AvgIpc) is 2.79. The van der Waals surface area contributed by atoms with Crippen LogP contribution >= 0.6 is 0 Å². The van der Waals surface area contributed by atoms with Crippen LogP contribution in [0.5, 0.6) is 0 Å². The topological polar surface area (TPSA) is 93.1 Å². The quantitative estimate of drug-likeness (QED) is 0.172. The molecule has 6 nitrogen and oxygen atoms in total. The van der Waals surface area contributed by atoms with Crippen molar-refractivity contribution in [3.05, 3.63) is 72.9 Å². The zero-order valence-corrected chi connectivity index (χ0v) is 20.0. The van der Waals surface area contributed by atoms with Gasteiger partial charge in [0.05, 0.1) is 6.10 Å². The molecule has 33 heavy (non-hydrogen) atoms. The molecule has 0 aliphatic rings. The van der Waals surface area contributed by atoms with E-state index < -0.39 is 24.1 Å². The van der Waals surface area contributed by atoms with Gasteiger partial charge >= 0.3 is 11.9 Å². The number of esters is 2. The van der Waals surface area contributed by atoms with Gasteiger partial charge in [0.1, 0.15) is 19.3 Å². The summed E-state index contributed by atoms with van der Waals surface area (Å²) in [5, 5.41) is 19.4. The summed E-state index contributed by atoms with van der Waals surface area (Å²) in [4.78, 5) is 22.2. The number of aliphatic hydroxyl groups is 2. The minimum Gasteiger partial charge on any atom is -0.463 e. The second-order valence-electron chi connectivity index (χ2n) is 7.30. The molecule has 1 unspecified atom stereocenters. The van der Waals surface area contributed by atoms with Crippen molar-refractivity contribution in [1.82, 2.24) is 0 Å². The monoisotopic (exact) mass is 460 g/mol. The molecule has 0 aromatic rings. The minimum absolute atomic E-state index is 0.171. The first-order valence-corrected chi connectivity index (χ1v) is 11.5. The first kappa shape index (κ1) is 30.3. The molecule has 184 valence electrons. The van der Waals surface area contributed by atoms with Gasteiger partial charge in [-0.2, -0.15) is 0 Å². The molecule has 0 aromatic carbocycles. The zero-order valence-electron chi connectivity index (χ0n) is 20.0. The highest BCUT2D eigenvalue weighted by atomic mass is 16.6. The van der Waals surface area contributed by atoms with Gasteiger partial charge in [0, 0.05) is 13.3 Å². The SMILES string of the molecule is CC/C=C\C/C=C\C/C=C\C/C=C\C=C/C(O)C/C=C\CCC(=O)OC[C@@H](O)COC(C)=O. The molecule has 0 amide bonds. The van der Waals surface area contributed by atoms with E-state index in [0.717, 1.165) is 25.7 Å². The van der Waals surface area contributed by atoms with Crippen molar-refractivity contribution in [2.45, 2.75) is 71.0 Å². The molecule has 0 aliphatic carbocycles. The lowest BCUT2D eigenvalue weighted by Gasteiger charge is -2.10. The largest absolute Gasteiger partial charge is 0.463 e. The Labute approximate surface area is 198 Å². The zero-order chi connectivity index (χ0) is 24.6. The smallest absolute Gasteiger partial charge is 0.306 e. The van der Waals surface area contributed by atoms with Crippen molar-refractivity contribution in [2.24, 2.45) is 0 Å². The van der Waals surface area contributed by atoms with Gasteiger partial charge in [0.25, 0.3) is 0 Å². The standard InChI is InChI=1S/C27H40O6/c1-3-4-5-6-7-8-9-10-11-12-13-14-16-19-25(29)20-17-15-18-21-27(31)33-23-26(30)22-32-24(2)28/h4-5,7-8,10-11,13-17,19,25-26,29-30H,3,6,9,12,18,20-23H2,1-2H3/b5-4-,8-7-,11-10-,14-13-,17-15-,19-16-/t25?,26-/m0/s1. The third-order valence-corrected chi connectivity index (χ3v) is 4.11. The summed E-state index contributed by atoms with van der Waals surface area (Å²) in [6, 6.07) is 0. The van der Waals surface area contributed by atoms with Gasteiger partial charge in [-0.15, -0.1) is 0 Å². The lowest BCUT2D eigenvalue weighted by atomic mass is 10.2. The Hall–Kier alpha value is -2.70. The van der Waals surface area contributed by atoms with Gasteiger partial charge in [-0.1, -0.05) is 79.8 Å². The number of carbonyl (C=O) groups is 2. The van der Waals surface area contributed by atoms with Crippen LogP contribution in [-0.2, 0) is 19.1 Å². The highest BCUT2D eigenvalue weighted by molar-refractivity contribution is 5.69. The van der Waals surface area contributed by atoms with Gasteiger partial charge in [-0.05, 0) is 38.5 Å². The Morgan fingerprint density at radius 2 is 1.39 bits per heavy atom. The summed E-state index contributed by atoms with van der Waals surface area (Å²) in [6.45, 7) is 2.95. The number of hydrogen-bond donors (Lipinski definition) is 2. The fourth-order valence-electron chi connectivity index (χ4n) is 2.39. The predicted molar refractivity (Wildman–Crippen MR) is 132 cm³/mol. The molecule has 0 heterocycles. The molecule has 6 heteroatoms. The van der Waals surface area contributed by atoms with E-state index in [1.165, 1.54) is 6.92 Å². The van der Waals surface area contributed by atoms with Gasteiger partial charge in [-0.25, -0.2) is 0 Å². The van der Waals surface area contributed by atoms with Gasteiger partial charge in [0.15, 0.2) is 0 Å². The highest BCUT2D eigenvalue weighted by Crippen LogP contribution is 2.01. The number of aliphatic hydroxyl groups excluding tert-OH is 2. The predicted octanol–water partition coefficient (Wildman–Crippen LogP) is 4.90. The highest BCUT2D eigenvalue weighted by Gasteiger charge is 2.09. The Bertz CT molecular complexity index is 685. The number of allylic oxidation sites excluding steroid dienone is 10. The molecule has 0 rings (SSSR count). The van der Waals surface area contributed by atoms with Crippen molar-refractivity contribution in [1.29, 1.82) is 0 Å². The summed E-state index contributed by atoms with van der Waals surface area (Å²) < 4.78 is 9.52. The van der Waals surface area contributed by atoms with E-state index in [0.29, 0.717) is 12.8 Å². The molecule has 0 spiro atoms. The van der Waals surface area contributed by atoms with Crippen LogP contribution in [0, 0.1) is 0 Å². The average molecular weight is 461 g/mol. The molecule has 2 atom stereocenters. The summed E-state index contributed by atoms with van der Waals surface area (Å²) in [5.74, 6) is -0.942. The molecule has 0 radical (unpaired) electrons. The van der Waals surface area contributed by atoms with Crippen molar-refractivity contribution in [3.8, 4) is 0 Å². The molecule has 0 saturated heterocycles. The maximum absolute atomic E-state index is 11.6. The molecule has 0 aliphatic heterocycles. The normalized spacial score (nSPS) is 14.4. The van der Waals surface area contributed by atoms with E-state index in [4.69, 9.17) is 4.74 Å². The fraction of sp³-hybridized carbons (Fsp3) is 0.481. The van der Waals surface area contributed by atoms with Gasteiger partial charge in [0.2, 0.25) is 0 Å². The number of carbonyl (C=O) groups excluding carboxylic acids is 2. The van der Waals surface area contributed by atoms with E-state index in [1.807, 2.05) is 30.4 Å². The molecular formula is C27H40O6. The summed E-state index contributed by atoms with van der Waals surface area (Å²) in [7, 11) is 0. The van der Waals surface area contributed by atoms with Crippen LogP contribution in [0.15, 0.2) is 72.9 Å². The molecule has 0 aromatic heterocycles. The third kappa shape index (κ3) is 23.8. The third-order valence-electron chi connectivity index (χ3n) is 4.11. The van der Waals surface area contributed by atoms with Crippen molar-refractivity contribution in [2.75, 3.05) is 13.2 Å². The van der Waals surface area contributed by atoms with Crippen LogP contribution in [0.2, 0.25) is 0 Å². The number of ether oxygens (including phenoxy) is 2. The molecule has 0 fully saturated rings. The first-order chi connectivity index (χ1) is 16.0. The Balaban J connectivity index is 3.80. The maximum Gasteiger partial charge on any atom is 0.306 e. The lowest BCUT2D eigenvalue weighted by Crippen LogP contribution is -2.24. The maximum atomic E-state index is 11.6. The summed E-state index contributed by atoms with van der Waals surface area (Å²) in [6.07, 6.45) is 27.4. The van der Waals surface area contributed by atoms with Gasteiger partial charge in [-0.3, -0.25) is 9.59 Å². The van der Waals surface area contributed by atoms with Crippen LogP contribution in [0.1, 0.15) is 58.8 Å². The summed E-state index contributed by atoms with van der Waals surface area (Å²) in [5.41, 5.74) is 0. The van der Waals surface area contributed by atoms with Crippen LogP contribution in [0.4, 0.5) is 0 Å². The molecule has 0 saturated carbocycles. The lowest BCUT2D eigenvalue weighted by molar-refractivity contribution is -0.151. The van der Waals surface area contributed by atoms with Crippen LogP contribution < -0.4 is 0 Å². The van der Waals surface area contributed by atoms with E-state index in [2.05, 4.69) is 48.1 Å². The second kappa shape index (κ2) is 22.5. The molecule has 0 bridgehead atoms. The van der Waals surface area contributed by atoms with Crippen molar-refractivity contribution < 1.29 is 29.3 Å². The Kier molecular flexibility index (Phi) is 20.7. The van der Waals surface area contributed by atoms with E-state index in [-0.39, 0.29) is 19.6 Å². The van der Waals surface area contributed by atoms with E-state index >= 15 is 0 Å². The van der Waals surface area contributed by atoms with Crippen molar-refractivity contribution >= 4 is 11.9 Å². The van der Waals surface area contributed by atoms with E-state index in [9.17, 15) is 19.8 Å². The minimum atomic E-state index is -1.03. The Morgan fingerprint density at radius 3 is 2.03 bits per heavy atom. The van der Waals surface area contributed by atoms with Crippen molar-refractivity contribution in [3.63, 3.8) is 0 Å². The van der Waals surface area contributed by atoms with E-state index in [1.54, 1.807) is 6.08 Å². The summed E-state index contributed by atoms with van der Waals surface area (Å²) >= 11 is 0. The fourth-order valence-corrected chi connectivity index (χ4v) is 2.39. The second-order valence-corrected chi connectivity index (χ2v) is 7.30. The van der Waals surface area contributed by atoms with Gasteiger partial charge < -0.3 is 19.7 Å². The van der Waals surface area contributed by atoms with Crippen LogP contribution in [0.3, 0.4) is 0 Å².